The minimum atomic E-state index is -3.92. The number of likely N-dealkylation sites (tertiary alicyclic amines) is 2. The Bertz CT molecular complexity index is 1410. The van der Waals surface area contributed by atoms with Crippen LogP contribution in [-0.2, 0) is 36.2 Å². The van der Waals surface area contributed by atoms with Crippen molar-refractivity contribution < 1.29 is 42.6 Å². The van der Waals surface area contributed by atoms with Gasteiger partial charge in [0.2, 0.25) is 21.8 Å². The number of aliphatic carboxylic acids is 2. The summed E-state index contributed by atoms with van der Waals surface area (Å²) in [4.78, 5) is 63.7. The second-order valence-electron chi connectivity index (χ2n) is 9.66. The number of hydrogen-bond donors (Lipinski definition) is 2. The number of carboxylic acids is 2. The minimum absolute atomic E-state index is 0.0408. The lowest BCUT2D eigenvalue weighted by atomic mass is 10.1. The van der Waals surface area contributed by atoms with Crippen molar-refractivity contribution in [1.29, 1.82) is 0 Å². The Morgan fingerprint density at radius 3 is 2.00 bits per heavy atom. The SMILES string of the molecule is Cn1cccc1C(=O)N[C@H]1C[C@@H](C(=O)[O-])N(C(=O)CCC(=O)N2C[C@@H](NS(=O)(=O)c3cccs3)C[C@H]2C(=O)[O-])C1. The van der Waals surface area contributed by atoms with Gasteiger partial charge >= 0.3 is 0 Å². The van der Waals surface area contributed by atoms with E-state index in [0.29, 0.717) is 5.69 Å². The zero-order valence-electron chi connectivity index (χ0n) is 21.3. The summed E-state index contributed by atoms with van der Waals surface area (Å²) in [6.07, 6.45) is 0.510. The number of carboxylic acid groups (broad SMARTS) is 2. The van der Waals surface area contributed by atoms with Gasteiger partial charge in [0.05, 0.1) is 24.0 Å². The average Bonchev–Trinajstić information content (AvgIpc) is 3.68. The van der Waals surface area contributed by atoms with Gasteiger partial charge in [-0.25, -0.2) is 13.1 Å². The number of amides is 3. The normalized spacial score (nSPS) is 22.8. The Hall–Kier alpha value is -3.76. The molecule has 3 amide bonds. The maximum Gasteiger partial charge on any atom is 0.268 e. The Kier molecular flexibility index (Phi) is 8.60. The summed E-state index contributed by atoms with van der Waals surface area (Å²) >= 11 is 0.984. The standard InChI is InChI=1S/C24H29N5O9S2/c1-27-8-2-4-16(27)22(32)25-14-10-17(23(33)34)28(12-14)19(30)6-7-20(31)29-13-15(11-18(29)24(35)36)26-40(37,38)21-5-3-9-39-21/h2-5,8-9,14-15,17-18,26H,6-7,10-13H2,1H3,(H,25,32)(H,33,34)(H,35,36)/p-2/t14-,15-,17-,18-/m0/s1. The van der Waals surface area contributed by atoms with Crippen LogP contribution in [-0.4, -0.2) is 89.7 Å². The van der Waals surface area contributed by atoms with Crippen LogP contribution in [0.25, 0.3) is 0 Å². The number of aryl methyl sites for hydroxylation is 1. The van der Waals surface area contributed by atoms with Crippen LogP contribution < -0.4 is 20.3 Å². The van der Waals surface area contributed by atoms with E-state index in [1.807, 2.05) is 0 Å². The molecule has 4 heterocycles. The predicted molar refractivity (Wildman–Crippen MR) is 135 cm³/mol. The van der Waals surface area contributed by atoms with E-state index >= 15 is 0 Å². The van der Waals surface area contributed by atoms with Crippen LogP contribution in [0.4, 0.5) is 0 Å². The molecule has 4 rings (SSSR count). The van der Waals surface area contributed by atoms with E-state index < -0.39 is 76.7 Å². The van der Waals surface area contributed by atoms with Gasteiger partial charge < -0.3 is 39.5 Å². The molecule has 0 bridgehead atoms. The molecule has 14 nitrogen and oxygen atoms in total. The van der Waals surface area contributed by atoms with Crippen LogP contribution in [0.1, 0.15) is 36.2 Å². The lowest BCUT2D eigenvalue weighted by Gasteiger charge is -2.27. The highest BCUT2D eigenvalue weighted by molar-refractivity contribution is 7.91. The molecule has 2 saturated heterocycles. The summed E-state index contributed by atoms with van der Waals surface area (Å²) in [5, 5.41) is 27.7. The molecule has 2 fully saturated rings. The predicted octanol–water partition coefficient (Wildman–Crippen LogP) is -2.99. The molecular formula is C24H27N5O9S2-2. The van der Waals surface area contributed by atoms with Crippen LogP contribution in [0.3, 0.4) is 0 Å². The van der Waals surface area contributed by atoms with E-state index in [-0.39, 0.29) is 30.1 Å². The molecule has 0 aliphatic carbocycles. The highest BCUT2D eigenvalue weighted by Gasteiger charge is 2.40. The van der Waals surface area contributed by atoms with E-state index in [1.165, 1.54) is 6.07 Å². The molecule has 2 aliphatic heterocycles. The van der Waals surface area contributed by atoms with Crippen LogP contribution >= 0.6 is 11.3 Å². The summed E-state index contributed by atoms with van der Waals surface area (Å²) < 4.78 is 29.1. The third-order valence-corrected chi connectivity index (χ3v) is 9.85. The summed E-state index contributed by atoms with van der Waals surface area (Å²) in [7, 11) is -2.24. The van der Waals surface area contributed by atoms with Gasteiger partial charge in [0.1, 0.15) is 9.90 Å². The number of thiophene rings is 1. The number of nitrogens with one attached hydrogen (secondary N) is 2. The molecule has 0 aromatic carbocycles. The summed E-state index contributed by atoms with van der Waals surface area (Å²) in [5.41, 5.74) is 0.351. The van der Waals surface area contributed by atoms with Crippen molar-refractivity contribution in [2.45, 2.75) is 54.1 Å². The van der Waals surface area contributed by atoms with Crippen molar-refractivity contribution in [3.63, 3.8) is 0 Å². The topological polar surface area (TPSA) is 201 Å². The first kappa shape index (κ1) is 29.2. The van der Waals surface area contributed by atoms with E-state index in [9.17, 15) is 42.6 Å². The van der Waals surface area contributed by atoms with Gasteiger partial charge in [-0.1, -0.05) is 6.07 Å². The second-order valence-corrected chi connectivity index (χ2v) is 12.5. The van der Waals surface area contributed by atoms with Crippen LogP contribution in [0.15, 0.2) is 40.1 Å². The number of carbonyl (C=O) groups is 5. The summed E-state index contributed by atoms with van der Waals surface area (Å²) in [5.74, 6) is -4.92. The quantitative estimate of drug-likeness (QED) is 0.288. The fourth-order valence-electron chi connectivity index (χ4n) is 5.01. The lowest BCUT2D eigenvalue weighted by Crippen LogP contribution is -2.48. The number of rotatable bonds is 10. The Morgan fingerprint density at radius 1 is 0.925 bits per heavy atom. The maximum atomic E-state index is 12.9. The minimum Gasteiger partial charge on any atom is -0.548 e. The van der Waals surface area contributed by atoms with Crippen molar-refractivity contribution in [2.24, 2.45) is 7.05 Å². The van der Waals surface area contributed by atoms with Gasteiger partial charge in [0.25, 0.3) is 5.91 Å². The Morgan fingerprint density at radius 2 is 1.50 bits per heavy atom. The van der Waals surface area contributed by atoms with Crippen molar-refractivity contribution >= 4 is 51.0 Å². The molecule has 4 atom stereocenters. The fourth-order valence-corrected chi connectivity index (χ4v) is 7.26. The molecule has 216 valence electrons. The zero-order valence-corrected chi connectivity index (χ0v) is 23.0. The molecule has 2 aliphatic rings. The Balaban J connectivity index is 1.35. The third-order valence-electron chi connectivity index (χ3n) is 6.93. The summed E-state index contributed by atoms with van der Waals surface area (Å²) in [6.45, 7) is -0.352. The van der Waals surface area contributed by atoms with Crippen LogP contribution in [0.5, 0.6) is 0 Å². The maximum absolute atomic E-state index is 12.9. The zero-order chi connectivity index (χ0) is 29.2. The van der Waals surface area contributed by atoms with Gasteiger partial charge in [0, 0.05) is 51.3 Å². The van der Waals surface area contributed by atoms with Crippen LogP contribution in [0, 0.1) is 0 Å². The molecule has 2 aromatic heterocycles. The van der Waals surface area contributed by atoms with Gasteiger partial charge in [0.15, 0.2) is 0 Å². The molecule has 40 heavy (non-hydrogen) atoms. The molecule has 16 heteroatoms. The molecule has 0 spiro atoms. The first-order valence-electron chi connectivity index (χ1n) is 12.4. The second kappa shape index (κ2) is 11.8. The fraction of sp³-hybridized carbons (Fsp3) is 0.458. The number of hydrogen-bond acceptors (Lipinski definition) is 10. The van der Waals surface area contributed by atoms with E-state index in [4.69, 9.17) is 0 Å². The Labute approximate surface area is 233 Å². The molecule has 2 aromatic rings. The highest BCUT2D eigenvalue weighted by atomic mass is 32.2. The van der Waals surface area contributed by atoms with E-state index in [2.05, 4.69) is 10.0 Å². The lowest BCUT2D eigenvalue weighted by molar-refractivity contribution is -0.311. The molecule has 0 saturated carbocycles. The molecular weight excluding hydrogens is 566 g/mol. The molecule has 0 unspecified atom stereocenters. The largest absolute Gasteiger partial charge is 0.548 e. The number of sulfonamides is 1. The third kappa shape index (κ3) is 6.34. The first-order valence-corrected chi connectivity index (χ1v) is 14.7. The van der Waals surface area contributed by atoms with Crippen molar-refractivity contribution in [1.82, 2.24) is 24.4 Å². The van der Waals surface area contributed by atoms with Crippen molar-refractivity contribution in [2.75, 3.05) is 13.1 Å². The van der Waals surface area contributed by atoms with Gasteiger partial charge in [-0.3, -0.25) is 14.4 Å². The van der Waals surface area contributed by atoms with Crippen molar-refractivity contribution in [3.8, 4) is 0 Å². The molecule has 0 radical (unpaired) electrons. The van der Waals surface area contributed by atoms with E-state index in [0.717, 1.165) is 21.1 Å². The van der Waals surface area contributed by atoms with Gasteiger partial charge in [-0.05, 0) is 36.4 Å². The summed E-state index contributed by atoms with van der Waals surface area (Å²) in [6, 6.07) is 1.93. The number of aromatic nitrogens is 1. The molecule has 2 N–H and O–H groups in total. The number of nitrogens with zero attached hydrogens (tertiary/aromatic N) is 3. The average molecular weight is 594 g/mol. The van der Waals surface area contributed by atoms with E-state index in [1.54, 1.807) is 41.4 Å². The monoisotopic (exact) mass is 593 g/mol. The highest BCUT2D eigenvalue weighted by Crippen LogP contribution is 2.24. The number of carbonyl (C=O) groups excluding carboxylic acids is 5. The van der Waals surface area contributed by atoms with Gasteiger partial charge in [-0.2, -0.15) is 0 Å². The van der Waals surface area contributed by atoms with Gasteiger partial charge in [-0.15, -0.1) is 11.3 Å². The smallest absolute Gasteiger partial charge is 0.268 e. The first-order chi connectivity index (χ1) is 18.9. The van der Waals surface area contributed by atoms with Crippen molar-refractivity contribution in [3.05, 3.63) is 41.5 Å². The van der Waals surface area contributed by atoms with Crippen LogP contribution in [0.2, 0.25) is 0 Å².